The molecule has 0 unspecified atom stereocenters. The number of aromatic nitrogens is 1. The maximum Gasteiger partial charge on any atom is 1.00 e. The predicted molar refractivity (Wildman–Crippen MR) is 50.0 cm³/mol. The van der Waals surface area contributed by atoms with Crippen LogP contribution in [0.25, 0.3) is 0 Å². The van der Waals surface area contributed by atoms with Gasteiger partial charge in [-0.15, -0.1) is 0 Å². The molecule has 0 saturated carbocycles. The van der Waals surface area contributed by atoms with Crippen molar-refractivity contribution in [2.24, 2.45) is 0 Å². The average molecular weight is 255 g/mol. The molecule has 0 radical (unpaired) electrons. The Morgan fingerprint density at radius 1 is 1.25 bits per heavy atom. The van der Waals surface area contributed by atoms with Gasteiger partial charge in [0, 0.05) is 6.54 Å². The molecule has 0 fully saturated rings. The minimum Gasteiger partial charge on any atom is -0.748 e. The van der Waals surface area contributed by atoms with Gasteiger partial charge < -0.3 is 18.6 Å². The first-order valence-electron chi connectivity index (χ1n) is 4.43. The second-order valence-electron chi connectivity index (χ2n) is 3.18. The van der Waals surface area contributed by atoms with E-state index in [-0.39, 0.29) is 36.1 Å². The number of ether oxygens (including phenoxy) is 2. The van der Waals surface area contributed by atoms with E-state index in [2.05, 4.69) is 0 Å². The molecular formula is C8H10NNaO5S. The Balaban J connectivity index is 0.00000128. The van der Waals surface area contributed by atoms with Gasteiger partial charge in [0.25, 0.3) is 0 Å². The number of fused-ring (bicyclic) bond motifs is 1. The predicted octanol–water partition coefficient (Wildman–Crippen LogP) is -3.19. The molecule has 1 aromatic heterocycles. The summed E-state index contributed by atoms with van der Waals surface area (Å²) >= 11 is 0. The standard InChI is InChI=1S/C8H11NO5S.Na/c10-15(11,12)4-1-9-5-7-8(6-9)14-3-2-13-7;/h5-6H,1-4H2,(H,10,11,12);/q;+1/p-1. The first kappa shape index (κ1) is 13.9. The van der Waals surface area contributed by atoms with Crippen molar-refractivity contribution in [3.05, 3.63) is 12.4 Å². The van der Waals surface area contributed by atoms with Gasteiger partial charge in [-0.1, -0.05) is 0 Å². The van der Waals surface area contributed by atoms with E-state index >= 15 is 0 Å². The summed E-state index contributed by atoms with van der Waals surface area (Å²) < 4.78 is 43.3. The van der Waals surface area contributed by atoms with Gasteiger partial charge in [-0.05, 0) is 0 Å². The van der Waals surface area contributed by atoms with Crippen molar-refractivity contribution in [2.75, 3.05) is 19.0 Å². The average Bonchev–Trinajstić information content (AvgIpc) is 2.56. The molecule has 0 atom stereocenters. The molecule has 0 aromatic carbocycles. The molecule has 0 bridgehead atoms. The third kappa shape index (κ3) is 3.67. The van der Waals surface area contributed by atoms with Crippen LogP contribution in [0.15, 0.2) is 12.4 Å². The summed E-state index contributed by atoms with van der Waals surface area (Å²) in [6, 6.07) is 0. The zero-order valence-electron chi connectivity index (χ0n) is 8.88. The molecule has 0 N–H and O–H groups in total. The number of aryl methyl sites for hydroxylation is 1. The molecule has 0 amide bonds. The molecule has 0 aliphatic carbocycles. The van der Waals surface area contributed by atoms with Crippen LogP contribution in [0, 0.1) is 0 Å². The number of hydrogen-bond acceptors (Lipinski definition) is 5. The monoisotopic (exact) mass is 255 g/mol. The van der Waals surface area contributed by atoms with E-state index in [4.69, 9.17) is 9.47 Å². The molecule has 1 aromatic rings. The molecule has 1 aliphatic heterocycles. The van der Waals surface area contributed by atoms with Crippen LogP contribution < -0.4 is 39.0 Å². The Morgan fingerprint density at radius 2 is 1.75 bits per heavy atom. The second-order valence-corrected chi connectivity index (χ2v) is 4.71. The third-order valence-corrected chi connectivity index (χ3v) is 2.69. The van der Waals surface area contributed by atoms with E-state index in [1.165, 1.54) is 0 Å². The Morgan fingerprint density at radius 3 is 2.19 bits per heavy atom. The molecule has 2 rings (SSSR count). The minimum absolute atomic E-state index is 0. The zero-order chi connectivity index (χ0) is 10.9. The molecule has 6 nitrogen and oxygen atoms in total. The van der Waals surface area contributed by atoms with Crippen LogP contribution in [0.2, 0.25) is 0 Å². The van der Waals surface area contributed by atoms with Gasteiger partial charge in [0.05, 0.1) is 28.3 Å². The van der Waals surface area contributed by atoms with Crippen molar-refractivity contribution in [1.82, 2.24) is 4.57 Å². The molecule has 84 valence electrons. The summed E-state index contributed by atoms with van der Waals surface area (Å²) in [5, 5.41) is 0. The molecule has 0 saturated heterocycles. The van der Waals surface area contributed by atoms with Crippen LogP contribution in [-0.2, 0) is 16.7 Å². The van der Waals surface area contributed by atoms with Crippen LogP contribution in [0.3, 0.4) is 0 Å². The van der Waals surface area contributed by atoms with E-state index in [1.807, 2.05) is 0 Å². The fourth-order valence-electron chi connectivity index (χ4n) is 1.33. The van der Waals surface area contributed by atoms with Crippen molar-refractivity contribution in [3.8, 4) is 11.5 Å². The van der Waals surface area contributed by atoms with Crippen LogP contribution >= 0.6 is 0 Å². The molecule has 1 aliphatic rings. The van der Waals surface area contributed by atoms with Gasteiger partial charge in [-0.2, -0.15) is 0 Å². The van der Waals surface area contributed by atoms with Gasteiger partial charge in [0.1, 0.15) is 13.2 Å². The summed E-state index contributed by atoms with van der Waals surface area (Å²) in [5.41, 5.74) is 0. The van der Waals surface area contributed by atoms with E-state index < -0.39 is 15.9 Å². The maximum absolute atomic E-state index is 10.4. The van der Waals surface area contributed by atoms with E-state index in [9.17, 15) is 13.0 Å². The smallest absolute Gasteiger partial charge is 0.748 e. The van der Waals surface area contributed by atoms with Gasteiger partial charge in [0.15, 0.2) is 11.5 Å². The Labute approximate surface area is 116 Å². The normalized spacial score (nSPS) is 14.3. The first-order chi connectivity index (χ1) is 7.04. The van der Waals surface area contributed by atoms with Crippen LogP contribution in [-0.4, -0.2) is 36.5 Å². The number of rotatable bonds is 3. The SMILES string of the molecule is O=S(=O)([O-])CCn1cc2c(c1)OCCO2.[Na+]. The molecular weight excluding hydrogens is 245 g/mol. The summed E-state index contributed by atoms with van der Waals surface area (Å²) in [7, 11) is -4.18. The van der Waals surface area contributed by atoms with Crippen molar-refractivity contribution < 1.29 is 52.0 Å². The van der Waals surface area contributed by atoms with E-state index in [0.717, 1.165) is 0 Å². The summed E-state index contributed by atoms with van der Waals surface area (Å²) in [4.78, 5) is 0. The van der Waals surface area contributed by atoms with Crippen molar-refractivity contribution >= 4 is 10.1 Å². The van der Waals surface area contributed by atoms with Crippen LogP contribution in [0.1, 0.15) is 0 Å². The first-order valence-corrected chi connectivity index (χ1v) is 6.01. The van der Waals surface area contributed by atoms with Gasteiger partial charge in [-0.25, -0.2) is 8.42 Å². The summed E-state index contributed by atoms with van der Waals surface area (Å²) in [5.74, 6) is 0.745. The quantitative estimate of drug-likeness (QED) is 0.420. The summed E-state index contributed by atoms with van der Waals surface area (Å²) in [6.07, 6.45) is 3.25. The molecule has 8 heteroatoms. The van der Waals surface area contributed by atoms with Crippen molar-refractivity contribution in [2.45, 2.75) is 6.54 Å². The number of hydrogen-bond donors (Lipinski definition) is 0. The van der Waals surface area contributed by atoms with Gasteiger partial charge in [0.2, 0.25) is 0 Å². The van der Waals surface area contributed by atoms with Crippen molar-refractivity contribution in [3.63, 3.8) is 0 Å². The molecule has 2 heterocycles. The molecule has 0 spiro atoms. The van der Waals surface area contributed by atoms with Gasteiger partial charge >= 0.3 is 29.6 Å². The minimum atomic E-state index is -4.18. The van der Waals surface area contributed by atoms with E-state index in [1.54, 1.807) is 17.0 Å². The third-order valence-electron chi connectivity index (χ3n) is 2.01. The maximum atomic E-state index is 10.4. The number of nitrogens with zero attached hydrogens (tertiary/aromatic N) is 1. The fourth-order valence-corrected chi connectivity index (χ4v) is 1.77. The fraction of sp³-hybridized carbons (Fsp3) is 0.500. The Bertz CT molecular complexity index is 431. The second kappa shape index (κ2) is 5.42. The van der Waals surface area contributed by atoms with Gasteiger partial charge in [-0.3, -0.25) is 0 Å². The van der Waals surface area contributed by atoms with Crippen LogP contribution in [0.4, 0.5) is 0 Å². The van der Waals surface area contributed by atoms with Crippen molar-refractivity contribution in [1.29, 1.82) is 0 Å². The van der Waals surface area contributed by atoms with E-state index in [0.29, 0.717) is 24.7 Å². The van der Waals surface area contributed by atoms with Crippen LogP contribution in [0.5, 0.6) is 11.5 Å². The Kier molecular flexibility index (Phi) is 4.69. The largest absolute Gasteiger partial charge is 1.00 e. The molecule has 16 heavy (non-hydrogen) atoms. The Hall–Kier alpha value is -0.210. The zero-order valence-corrected chi connectivity index (χ0v) is 11.7. The summed E-state index contributed by atoms with van der Waals surface area (Å²) in [6.45, 7) is 1.08. The topological polar surface area (TPSA) is 80.6 Å².